The van der Waals surface area contributed by atoms with Crippen molar-refractivity contribution in [3.05, 3.63) is 82.1 Å². The first kappa shape index (κ1) is 19.7. The minimum atomic E-state index is -3.95. The molecule has 9 heteroatoms. The van der Waals surface area contributed by atoms with Gasteiger partial charge in [-0.1, -0.05) is 29.3 Å². The summed E-state index contributed by atoms with van der Waals surface area (Å²) < 4.78 is 28.1. The first-order valence-electron chi connectivity index (χ1n) is 8.68. The van der Waals surface area contributed by atoms with Gasteiger partial charge in [0, 0.05) is 35.2 Å². The molecule has 1 amide bonds. The molecular weight excluding hydrogens is 433 g/mol. The molecule has 0 unspecified atom stereocenters. The first-order chi connectivity index (χ1) is 13.8. The lowest BCUT2D eigenvalue weighted by Gasteiger charge is -2.18. The number of rotatable bonds is 4. The molecule has 29 heavy (non-hydrogen) atoms. The van der Waals surface area contributed by atoms with E-state index >= 15 is 0 Å². The molecule has 0 radical (unpaired) electrons. The van der Waals surface area contributed by atoms with Crippen molar-refractivity contribution < 1.29 is 13.2 Å². The lowest BCUT2D eigenvalue weighted by atomic mass is 10.1. The summed E-state index contributed by atoms with van der Waals surface area (Å²) in [5.41, 5.74) is 2.49. The van der Waals surface area contributed by atoms with Crippen LogP contribution in [0.1, 0.15) is 15.9 Å². The van der Waals surface area contributed by atoms with Crippen LogP contribution >= 0.6 is 23.2 Å². The van der Waals surface area contributed by atoms with Gasteiger partial charge in [-0.15, -0.1) is 0 Å². The van der Waals surface area contributed by atoms with E-state index in [1.165, 1.54) is 18.2 Å². The third-order valence-electron chi connectivity index (χ3n) is 4.59. The fraction of sp³-hybridized carbons (Fsp3) is 0.100. The SMILES string of the molecule is O=C(c1ccncc1)N1CCc2ccc(NS(=O)(=O)c3cc(Cl)ccc3Cl)cc21. The summed E-state index contributed by atoms with van der Waals surface area (Å²) in [6.07, 6.45) is 3.81. The third-order valence-corrected chi connectivity index (χ3v) is 6.69. The Labute approximate surface area is 178 Å². The summed E-state index contributed by atoms with van der Waals surface area (Å²) in [5.74, 6) is -0.163. The molecule has 1 aliphatic rings. The second kappa shape index (κ2) is 7.67. The number of hydrogen-bond acceptors (Lipinski definition) is 4. The zero-order chi connectivity index (χ0) is 20.6. The molecule has 2 heterocycles. The predicted octanol–water partition coefficient (Wildman–Crippen LogP) is 4.39. The molecule has 0 aliphatic carbocycles. The van der Waals surface area contributed by atoms with E-state index in [0.29, 0.717) is 29.9 Å². The van der Waals surface area contributed by atoms with Gasteiger partial charge in [-0.25, -0.2) is 8.42 Å². The first-order valence-corrected chi connectivity index (χ1v) is 10.9. The number of fused-ring (bicyclic) bond motifs is 1. The Kier molecular flexibility index (Phi) is 5.21. The number of nitrogens with zero attached hydrogens (tertiary/aromatic N) is 2. The summed E-state index contributed by atoms with van der Waals surface area (Å²) in [6.45, 7) is 0.521. The Morgan fingerprint density at radius 3 is 2.55 bits per heavy atom. The number of benzene rings is 2. The Morgan fingerprint density at radius 1 is 1.03 bits per heavy atom. The van der Waals surface area contributed by atoms with Gasteiger partial charge in [-0.3, -0.25) is 14.5 Å². The van der Waals surface area contributed by atoms with Crippen molar-refractivity contribution in [1.29, 1.82) is 0 Å². The number of amides is 1. The van der Waals surface area contributed by atoms with E-state index in [0.717, 1.165) is 5.56 Å². The van der Waals surface area contributed by atoms with Crippen molar-refractivity contribution in [3.8, 4) is 0 Å². The molecule has 148 valence electrons. The van der Waals surface area contributed by atoms with Crippen LogP contribution in [-0.2, 0) is 16.4 Å². The van der Waals surface area contributed by atoms with Crippen molar-refractivity contribution in [1.82, 2.24) is 4.98 Å². The fourth-order valence-corrected chi connectivity index (χ4v) is 5.01. The summed E-state index contributed by atoms with van der Waals surface area (Å²) in [7, 11) is -3.95. The van der Waals surface area contributed by atoms with E-state index in [4.69, 9.17) is 23.2 Å². The predicted molar refractivity (Wildman–Crippen MR) is 113 cm³/mol. The maximum Gasteiger partial charge on any atom is 0.263 e. The van der Waals surface area contributed by atoms with E-state index in [2.05, 4.69) is 9.71 Å². The topological polar surface area (TPSA) is 79.4 Å². The molecule has 6 nitrogen and oxygen atoms in total. The van der Waals surface area contributed by atoms with Crippen LogP contribution in [0.4, 0.5) is 11.4 Å². The van der Waals surface area contributed by atoms with E-state index in [-0.39, 0.29) is 20.8 Å². The molecule has 3 aromatic rings. The van der Waals surface area contributed by atoms with Crippen LogP contribution in [0.15, 0.2) is 65.8 Å². The number of nitrogens with one attached hydrogen (secondary N) is 1. The van der Waals surface area contributed by atoms with Crippen LogP contribution in [0.25, 0.3) is 0 Å². The van der Waals surface area contributed by atoms with E-state index in [1.54, 1.807) is 41.6 Å². The molecule has 0 saturated heterocycles. The van der Waals surface area contributed by atoms with Crippen LogP contribution in [0.3, 0.4) is 0 Å². The third kappa shape index (κ3) is 3.94. The number of carbonyl (C=O) groups is 1. The molecule has 1 aromatic heterocycles. The average Bonchev–Trinajstić information content (AvgIpc) is 3.12. The molecule has 0 fully saturated rings. The Bertz CT molecular complexity index is 1200. The molecule has 1 N–H and O–H groups in total. The Balaban J connectivity index is 1.65. The second-order valence-electron chi connectivity index (χ2n) is 6.47. The lowest BCUT2D eigenvalue weighted by molar-refractivity contribution is 0.0989. The van der Waals surface area contributed by atoms with Crippen molar-refractivity contribution in [2.24, 2.45) is 0 Å². The standard InChI is InChI=1S/C20H15Cl2N3O3S/c21-15-2-4-17(22)19(11-15)29(27,28)24-16-3-1-13-7-10-25(18(13)12-16)20(26)14-5-8-23-9-6-14/h1-6,8-9,11-12,24H,7,10H2. The zero-order valence-electron chi connectivity index (χ0n) is 15.0. The van der Waals surface area contributed by atoms with Crippen LogP contribution in [-0.4, -0.2) is 25.9 Å². The van der Waals surface area contributed by atoms with Gasteiger partial charge >= 0.3 is 0 Å². The van der Waals surface area contributed by atoms with E-state index in [9.17, 15) is 13.2 Å². The Hall–Kier alpha value is -2.61. The van der Waals surface area contributed by atoms with E-state index < -0.39 is 10.0 Å². The highest BCUT2D eigenvalue weighted by molar-refractivity contribution is 7.92. The van der Waals surface area contributed by atoms with Crippen LogP contribution in [0.2, 0.25) is 10.0 Å². The number of anilines is 2. The van der Waals surface area contributed by atoms with Crippen molar-refractivity contribution in [2.45, 2.75) is 11.3 Å². The fourth-order valence-electron chi connectivity index (χ4n) is 3.20. The van der Waals surface area contributed by atoms with Crippen LogP contribution < -0.4 is 9.62 Å². The molecule has 1 aliphatic heterocycles. The highest BCUT2D eigenvalue weighted by Crippen LogP contribution is 2.33. The number of halogens is 2. The van der Waals surface area contributed by atoms with Gasteiger partial charge in [0.1, 0.15) is 4.90 Å². The van der Waals surface area contributed by atoms with E-state index in [1.807, 2.05) is 6.07 Å². The monoisotopic (exact) mass is 447 g/mol. The minimum Gasteiger partial charge on any atom is -0.308 e. The van der Waals surface area contributed by atoms with Crippen molar-refractivity contribution in [3.63, 3.8) is 0 Å². The normalized spacial score (nSPS) is 13.2. The highest BCUT2D eigenvalue weighted by Gasteiger charge is 2.27. The van der Waals surface area contributed by atoms with Gasteiger partial charge in [-0.2, -0.15) is 0 Å². The molecular formula is C20H15Cl2N3O3S. The van der Waals surface area contributed by atoms with Gasteiger partial charge in [0.25, 0.3) is 15.9 Å². The number of aromatic nitrogens is 1. The molecule has 4 rings (SSSR count). The van der Waals surface area contributed by atoms with Crippen LogP contribution in [0, 0.1) is 0 Å². The molecule has 0 bridgehead atoms. The Morgan fingerprint density at radius 2 is 1.79 bits per heavy atom. The van der Waals surface area contributed by atoms with Gasteiger partial charge in [0.05, 0.1) is 10.7 Å². The molecule has 0 atom stereocenters. The smallest absolute Gasteiger partial charge is 0.263 e. The number of pyridine rings is 1. The zero-order valence-corrected chi connectivity index (χ0v) is 17.3. The molecule has 2 aromatic carbocycles. The largest absolute Gasteiger partial charge is 0.308 e. The number of sulfonamides is 1. The number of hydrogen-bond donors (Lipinski definition) is 1. The lowest BCUT2D eigenvalue weighted by Crippen LogP contribution is -2.28. The average molecular weight is 448 g/mol. The summed E-state index contributed by atoms with van der Waals surface area (Å²) in [5, 5.41) is 0.329. The van der Waals surface area contributed by atoms with Gasteiger partial charge in [-0.05, 0) is 54.4 Å². The molecule has 0 spiro atoms. The second-order valence-corrected chi connectivity index (χ2v) is 8.96. The number of carbonyl (C=O) groups excluding carboxylic acids is 1. The maximum absolute atomic E-state index is 12.8. The summed E-state index contributed by atoms with van der Waals surface area (Å²) >= 11 is 12.0. The van der Waals surface area contributed by atoms with Crippen LogP contribution in [0.5, 0.6) is 0 Å². The van der Waals surface area contributed by atoms with Gasteiger partial charge in [0.15, 0.2) is 0 Å². The van der Waals surface area contributed by atoms with Crippen molar-refractivity contribution >= 4 is 50.5 Å². The quantitative estimate of drug-likeness (QED) is 0.642. The minimum absolute atomic E-state index is 0.0672. The van der Waals surface area contributed by atoms with Gasteiger partial charge < -0.3 is 4.90 Å². The van der Waals surface area contributed by atoms with Gasteiger partial charge in [0.2, 0.25) is 0 Å². The maximum atomic E-state index is 12.8. The summed E-state index contributed by atoms with van der Waals surface area (Å²) in [4.78, 5) is 18.3. The molecule has 0 saturated carbocycles. The highest BCUT2D eigenvalue weighted by atomic mass is 35.5. The summed E-state index contributed by atoms with van der Waals surface area (Å²) in [6, 6.07) is 12.7. The van der Waals surface area contributed by atoms with Crippen molar-refractivity contribution in [2.75, 3.05) is 16.2 Å².